The molecule has 25 heavy (non-hydrogen) atoms. The van der Waals surface area contributed by atoms with Gasteiger partial charge in [-0.05, 0) is 49.2 Å². The van der Waals surface area contributed by atoms with Gasteiger partial charge in [-0.15, -0.1) is 0 Å². The molecule has 3 aromatic rings. The summed E-state index contributed by atoms with van der Waals surface area (Å²) in [4.78, 5) is 11.2. The van der Waals surface area contributed by atoms with Crippen molar-refractivity contribution in [1.82, 2.24) is 14.5 Å². The highest BCUT2D eigenvalue weighted by molar-refractivity contribution is 6.31. The van der Waals surface area contributed by atoms with Crippen molar-refractivity contribution in [3.63, 3.8) is 0 Å². The molecule has 0 aliphatic carbocycles. The zero-order chi connectivity index (χ0) is 17.6. The molecule has 0 amide bonds. The lowest BCUT2D eigenvalue weighted by molar-refractivity contribution is 0.339. The Morgan fingerprint density at radius 1 is 1.20 bits per heavy atom. The Kier molecular flexibility index (Phi) is 3.69. The summed E-state index contributed by atoms with van der Waals surface area (Å²) in [7, 11) is 1.97. The minimum Gasteiger partial charge on any atom is -0.370 e. The zero-order valence-corrected chi connectivity index (χ0v) is 15.0. The van der Waals surface area contributed by atoms with Crippen molar-refractivity contribution < 1.29 is 0 Å². The maximum absolute atomic E-state index is 6.16. The summed E-state index contributed by atoms with van der Waals surface area (Å²) in [5, 5.41) is 0.699. The number of nitrogens with two attached hydrogens (primary N) is 1. The van der Waals surface area contributed by atoms with Gasteiger partial charge in [-0.1, -0.05) is 23.7 Å². The van der Waals surface area contributed by atoms with E-state index in [-0.39, 0.29) is 5.54 Å². The summed E-state index contributed by atoms with van der Waals surface area (Å²) in [6.07, 6.45) is 2.75. The van der Waals surface area contributed by atoms with Gasteiger partial charge in [-0.2, -0.15) is 0 Å². The predicted octanol–water partition coefficient (Wildman–Crippen LogP) is 3.54. The molecule has 2 N–H and O–H groups in total. The fourth-order valence-corrected chi connectivity index (χ4v) is 3.45. The molecule has 0 radical (unpaired) electrons. The van der Waals surface area contributed by atoms with E-state index in [0.29, 0.717) is 11.0 Å². The molecule has 5 nitrogen and oxygen atoms in total. The van der Waals surface area contributed by atoms with Crippen LogP contribution in [-0.2, 0) is 5.54 Å². The van der Waals surface area contributed by atoms with Gasteiger partial charge in [0.15, 0.2) is 5.96 Å². The lowest BCUT2D eigenvalue weighted by Gasteiger charge is -2.35. The molecule has 0 fully saturated rings. The van der Waals surface area contributed by atoms with Crippen LogP contribution in [0.1, 0.15) is 18.9 Å². The first kappa shape index (κ1) is 16.0. The molecule has 1 atom stereocenters. The maximum Gasteiger partial charge on any atom is 0.191 e. The molecule has 1 aliphatic heterocycles. The number of nitrogens with zero attached hydrogens (tertiary/aromatic N) is 4. The average Bonchev–Trinajstić information content (AvgIpc) is 3.02. The number of benzene rings is 2. The van der Waals surface area contributed by atoms with Crippen molar-refractivity contribution >= 4 is 28.6 Å². The highest BCUT2D eigenvalue weighted by Crippen LogP contribution is 2.33. The molecule has 128 valence electrons. The molecule has 2 aromatic carbocycles. The molecule has 2 heterocycles. The predicted molar refractivity (Wildman–Crippen MR) is 102 cm³/mol. The van der Waals surface area contributed by atoms with Crippen LogP contribution in [0.15, 0.2) is 53.8 Å². The Labute approximate surface area is 151 Å². The topological polar surface area (TPSA) is 59.4 Å². The Hall–Kier alpha value is -2.53. The van der Waals surface area contributed by atoms with E-state index in [4.69, 9.17) is 22.3 Å². The monoisotopic (exact) mass is 353 g/mol. The van der Waals surface area contributed by atoms with Crippen molar-refractivity contribution in [1.29, 1.82) is 0 Å². The van der Waals surface area contributed by atoms with Crippen LogP contribution in [-0.4, -0.2) is 34.0 Å². The number of rotatable bonds is 2. The number of hydrogen-bond donors (Lipinski definition) is 1. The van der Waals surface area contributed by atoms with Crippen LogP contribution in [0, 0.1) is 0 Å². The van der Waals surface area contributed by atoms with E-state index < -0.39 is 0 Å². The van der Waals surface area contributed by atoms with Crippen molar-refractivity contribution in [2.75, 3.05) is 13.6 Å². The van der Waals surface area contributed by atoms with Gasteiger partial charge in [0, 0.05) is 24.3 Å². The third-order valence-corrected chi connectivity index (χ3v) is 5.18. The lowest BCUT2D eigenvalue weighted by atomic mass is 9.88. The molecule has 0 saturated heterocycles. The van der Waals surface area contributed by atoms with Crippen LogP contribution in [0.3, 0.4) is 0 Å². The van der Waals surface area contributed by atoms with Gasteiger partial charge in [0.1, 0.15) is 6.33 Å². The van der Waals surface area contributed by atoms with Crippen molar-refractivity contribution in [3.8, 4) is 5.69 Å². The summed E-state index contributed by atoms with van der Waals surface area (Å²) < 4.78 is 2.05. The molecular formula is C19H20ClN5. The van der Waals surface area contributed by atoms with Gasteiger partial charge in [-0.25, -0.2) is 9.98 Å². The minimum atomic E-state index is -0.319. The van der Waals surface area contributed by atoms with Gasteiger partial charge < -0.3 is 10.6 Å². The normalized spacial score (nSPS) is 20.8. The summed E-state index contributed by atoms with van der Waals surface area (Å²) in [6, 6.07) is 14.1. The van der Waals surface area contributed by atoms with Gasteiger partial charge >= 0.3 is 0 Å². The summed E-state index contributed by atoms with van der Waals surface area (Å²) in [5.41, 5.74) is 9.83. The van der Waals surface area contributed by atoms with Crippen LogP contribution in [0.2, 0.25) is 5.02 Å². The van der Waals surface area contributed by atoms with Crippen LogP contribution in [0.5, 0.6) is 0 Å². The minimum absolute atomic E-state index is 0.319. The van der Waals surface area contributed by atoms with E-state index >= 15 is 0 Å². The third-order valence-electron chi connectivity index (χ3n) is 4.94. The fraction of sp³-hybridized carbons (Fsp3) is 0.263. The van der Waals surface area contributed by atoms with Gasteiger partial charge in [0.05, 0.1) is 16.6 Å². The number of hydrogen-bond acceptors (Lipinski definition) is 4. The summed E-state index contributed by atoms with van der Waals surface area (Å²) >= 11 is 6.16. The molecule has 0 saturated carbocycles. The molecule has 1 aliphatic rings. The van der Waals surface area contributed by atoms with E-state index in [9.17, 15) is 0 Å². The van der Waals surface area contributed by atoms with E-state index in [2.05, 4.69) is 40.7 Å². The van der Waals surface area contributed by atoms with E-state index in [1.807, 2.05) is 36.5 Å². The summed E-state index contributed by atoms with van der Waals surface area (Å²) in [6.45, 7) is 3.02. The Balaban J connectivity index is 1.81. The lowest BCUT2D eigenvalue weighted by Crippen LogP contribution is -2.43. The second-order valence-corrected chi connectivity index (χ2v) is 7.15. The van der Waals surface area contributed by atoms with Crippen molar-refractivity contribution in [2.45, 2.75) is 18.9 Å². The second-order valence-electron chi connectivity index (χ2n) is 6.71. The smallest absolute Gasteiger partial charge is 0.191 e. The van der Waals surface area contributed by atoms with E-state index in [1.165, 1.54) is 0 Å². The molecular weight excluding hydrogens is 334 g/mol. The molecule has 4 rings (SSSR count). The number of halogens is 1. The van der Waals surface area contributed by atoms with Gasteiger partial charge in [-0.3, -0.25) is 4.57 Å². The number of aliphatic imine (C=N–C) groups is 1. The summed E-state index contributed by atoms with van der Waals surface area (Å²) in [5.74, 6) is 0.582. The first-order valence-electron chi connectivity index (χ1n) is 8.26. The van der Waals surface area contributed by atoms with Crippen molar-refractivity contribution in [2.24, 2.45) is 10.7 Å². The Bertz CT molecular complexity index is 977. The largest absolute Gasteiger partial charge is 0.370 e. The van der Waals surface area contributed by atoms with Crippen LogP contribution < -0.4 is 5.73 Å². The highest BCUT2D eigenvalue weighted by atomic mass is 35.5. The standard InChI is InChI=1S/C19H20ClN5/c1-19(8-9-24(2)18(21)23-19)13-4-3-5-15(10-13)25-12-22-16-7-6-14(20)11-17(16)25/h3-7,10-12H,8-9H2,1-2H3,(H2,21,23)/t19-/m0/s1. The maximum atomic E-state index is 6.16. The quantitative estimate of drug-likeness (QED) is 0.766. The Morgan fingerprint density at radius 2 is 2.04 bits per heavy atom. The van der Waals surface area contributed by atoms with Crippen LogP contribution in [0.25, 0.3) is 16.7 Å². The molecule has 0 spiro atoms. The SMILES string of the molecule is CN1CC[C@@](C)(c2cccc(-n3cnc4ccc(Cl)cc43)c2)N=C1N. The highest BCUT2D eigenvalue weighted by Gasteiger charge is 2.31. The van der Waals surface area contributed by atoms with Gasteiger partial charge in [0.2, 0.25) is 0 Å². The fourth-order valence-electron chi connectivity index (χ4n) is 3.28. The average molecular weight is 354 g/mol. The molecule has 1 aromatic heterocycles. The van der Waals surface area contributed by atoms with Crippen molar-refractivity contribution in [3.05, 3.63) is 59.4 Å². The Morgan fingerprint density at radius 3 is 2.84 bits per heavy atom. The van der Waals surface area contributed by atoms with E-state index in [1.54, 1.807) is 0 Å². The second kappa shape index (κ2) is 5.77. The zero-order valence-electron chi connectivity index (χ0n) is 14.3. The number of imidazole rings is 1. The van der Waals surface area contributed by atoms with E-state index in [0.717, 1.165) is 35.2 Å². The first-order chi connectivity index (χ1) is 12.0. The van der Waals surface area contributed by atoms with Crippen LogP contribution in [0.4, 0.5) is 0 Å². The third kappa shape index (κ3) is 2.74. The molecule has 0 bridgehead atoms. The van der Waals surface area contributed by atoms with Gasteiger partial charge in [0.25, 0.3) is 0 Å². The number of aromatic nitrogens is 2. The molecule has 6 heteroatoms. The first-order valence-corrected chi connectivity index (χ1v) is 8.64. The number of guanidine groups is 1. The molecule has 0 unspecified atom stereocenters. The van der Waals surface area contributed by atoms with Crippen LogP contribution >= 0.6 is 11.6 Å². The number of fused-ring (bicyclic) bond motifs is 1.